The second-order valence-electron chi connectivity index (χ2n) is 4.41. The molecule has 3 nitrogen and oxygen atoms in total. The third kappa shape index (κ3) is 3.93. The SMILES string of the molecule is NCCc1cccc(C(=O)NCc2ccccc2)c1. The van der Waals surface area contributed by atoms with Crippen LogP contribution in [-0.4, -0.2) is 12.5 Å². The Bertz CT molecular complexity index is 537. The van der Waals surface area contributed by atoms with Crippen molar-refractivity contribution in [2.45, 2.75) is 13.0 Å². The highest BCUT2D eigenvalue weighted by atomic mass is 16.1. The van der Waals surface area contributed by atoms with Gasteiger partial charge in [0.15, 0.2) is 0 Å². The number of hydrogen-bond acceptors (Lipinski definition) is 2. The zero-order valence-corrected chi connectivity index (χ0v) is 10.8. The van der Waals surface area contributed by atoms with Crippen LogP contribution in [0, 0.1) is 0 Å². The Kier molecular flexibility index (Phi) is 4.70. The molecule has 19 heavy (non-hydrogen) atoms. The van der Waals surface area contributed by atoms with Crippen molar-refractivity contribution in [3.05, 3.63) is 71.3 Å². The smallest absolute Gasteiger partial charge is 0.251 e. The summed E-state index contributed by atoms with van der Waals surface area (Å²) in [6.45, 7) is 1.13. The number of amides is 1. The molecule has 1 amide bonds. The third-order valence-corrected chi connectivity index (χ3v) is 2.92. The Balaban J connectivity index is 1.98. The maximum Gasteiger partial charge on any atom is 0.251 e. The van der Waals surface area contributed by atoms with Crippen molar-refractivity contribution in [2.24, 2.45) is 5.73 Å². The lowest BCUT2D eigenvalue weighted by atomic mass is 10.1. The van der Waals surface area contributed by atoms with Gasteiger partial charge in [0.25, 0.3) is 5.91 Å². The molecule has 0 spiro atoms. The zero-order chi connectivity index (χ0) is 13.5. The molecule has 0 heterocycles. The maximum atomic E-state index is 12.0. The molecule has 0 saturated heterocycles. The Morgan fingerprint density at radius 2 is 1.74 bits per heavy atom. The van der Waals surface area contributed by atoms with E-state index >= 15 is 0 Å². The molecule has 0 aliphatic carbocycles. The lowest BCUT2D eigenvalue weighted by molar-refractivity contribution is 0.0951. The van der Waals surface area contributed by atoms with Crippen LogP contribution in [0.1, 0.15) is 21.5 Å². The zero-order valence-electron chi connectivity index (χ0n) is 10.8. The summed E-state index contributed by atoms with van der Waals surface area (Å²) in [5, 5.41) is 2.91. The van der Waals surface area contributed by atoms with Gasteiger partial charge in [-0.05, 0) is 36.2 Å². The summed E-state index contributed by atoms with van der Waals surface area (Å²) in [6.07, 6.45) is 0.791. The van der Waals surface area contributed by atoms with Gasteiger partial charge in [-0.25, -0.2) is 0 Å². The molecule has 98 valence electrons. The van der Waals surface area contributed by atoms with Crippen LogP contribution in [0.25, 0.3) is 0 Å². The van der Waals surface area contributed by atoms with E-state index in [0.29, 0.717) is 18.7 Å². The number of hydrogen-bond donors (Lipinski definition) is 2. The molecule has 0 aliphatic rings. The number of rotatable bonds is 5. The molecule has 2 aromatic carbocycles. The fourth-order valence-corrected chi connectivity index (χ4v) is 1.92. The maximum absolute atomic E-state index is 12.0. The van der Waals surface area contributed by atoms with Crippen LogP contribution in [-0.2, 0) is 13.0 Å². The van der Waals surface area contributed by atoms with Crippen molar-refractivity contribution in [3.63, 3.8) is 0 Å². The molecule has 0 aromatic heterocycles. The Labute approximate surface area is 113 Å². The number of carbonyl (C=O) groups is 1. The molecular weight excluding hydrogens is 236 g/mol. The van der Waals surface area contributed by atoms with Gasteiger partial charge in [-0.3, -0.25) is 4.79 Å². The van der Waals surface area contributed by atoms with Gasteiger partial charge in [0.1, 0.15) is 0 Å². The standard InChI is InChI=1S/C16H18N2O/c17-10-9-13-7-4-8-15(11-13)16(19)18-12-14-5-2-1-3-6-14/h1-8,11H,9-10,12,17H2,(H,18,19). The van der Waals surface area contributed by atoms with Gasteiger partial charge in [-0.1, -0.05) is 42.5 Å². The summed E-state index contributed by atoms with van der Waals surface area (Å²) in [4.78, 5) is 12.0. The first-order chi connectivity index (χ1) is 9.29. The molecule has 3 N–H and O–H groups in total. The van der Waals surface area contributed by atoms with Gasteiger partial charge in [0, 0.05) is 12.1 Å². The predicted octanol–water partition coefficient (Wildman–Crippen LogP) is 2.12. The summed E-state index contributed by atoms with van der Waals surface area (Å²) >= 11 is 0. The van der Waals surface area contributed by atoms with Gasteiger partial charge < -0.3 is 11.1 Å². The summed E-state index contributed by atoms with van der Waals surface area (Å²) in [7, 11) is 0. The van der Waals surface area contributed by atoms with Gasteiger partial charge >= 0.3 is 0 Å². The van der Waals surface area contributed by atoms with Crippen LogP contribution < -0.4 is 11.1 Å². The average Bonchev–Trinajstić information content (AvgIpc) is 2.46. The predicted molar refractivity (Wildman–Crippen MR) is 76.8 cm³/mol. The van der Waals surface area contributed by atoms with E-state index in [4.69, 9.17) is 5.73 Å². The summed E-state index contributed by atoms with van der Waals surface area (Å²) in [5.74, 6) is -0.0530. The lowest BCUT2D eigenvalue weighted by Gasteiger charge is -2.07. The fraction of sp³-hybridized carbons (Fsp3) is 0.188. The quantitative estimate of drug-likeness (QED) is 0.858. The lowest BCUT2D eigenvalue weighted by Crippen LogP contribution is -2.22. The van der Waals surface area contributed by atoms with Crippen LogP contribution >= 0.6 is 0 Å². The van der Waals surface area contributed by atoms with Crippen molar-refractivity contribution in [2.75, 3.05) is 6.54 Å². The minimum Gasteiger partial charge on any atom is -0.348 e. The highest BCUT2D eigenvalue weighted by Crippen LogP contribution is 2.06. The van der Waals surface area contributed by atoms with Gasteiger partial charge in [-0.15, -0.1) is 0 Å². The minimum atomic E-state index is -0.0530. The molecule has 0 unspecified atom stereocenters. The fourth-order valence-electron chi connectivity index (χ4n) is 1.92. The molecule has 0 saturated carbocycles. The highest BCUT2D eigenvalue weighted by Gasteiger charge is 2.05. The van der Waals surface area contributed by atoms with E-state index < -0.39 is 0 Å². The van der Waals surface area contributed by atoms with Gasteiger partial charge in [-0.2, -0.15) is 0 Å². The summed E-state index contributed by atoms with van der Waals surface area (Å²) in [6, 6.07) is 17.5. The van der Waals surface area contributed by atoms with E-state index in [2.05, 4.69) is 5.32 Å². The molecule has 2 aromatic rings. The third-order valence-electron chi connectivity index (χ3n) is 2.92. The molecular formula is C16H18N2O. The van der Waals surface area contributed by atoms with Crippen LogP contribution in [0.5, 0.6) is 0 Å². The van der Waals surface area contributed by atoms with Crippen molar-refractivity contribution < 1.29 is 4.79 Å². The number of nitrogens with one attached hydrogen (secondary N) is 1. The average molecular weight is 254 g/mol. The topological polar surface area (TPSA) is 55.1 Å². The van der Waals surface area contributed by atoms with Crippen LogP contribution in [0.4, 0.5) is 0 Å². The molecule has 0 aliphatic heterocycles. The van der Waals surface area contributed by atoms with Crippen molar-refractivity contribution >= 4 is 5.91 Å². The van der Waals surface area contributed by atoms with Crippen LogP contribution in [0.2, 0.25) is 0 Å². The van der Waals surface area contributed by atoms with Crippen molar-refractivity contribution in [1.82, 2.24) is 5.32 Å². The Morgan fingerprint density at radius 1 is 1.00 bits per heavy atom. The number of carbonyl (C=O) groups excluding carboxylic acids is 1. The summed E-state index contributed by atoms with van der Waals surface area (Å²) < 4.78 is 0. The second-order valence-corrected chi connectivity index (χ2v) is 4.41. The van der Waals surface area contributed by atoms with Crippen molar-refractivity contribution in [3.8, 4) is 0 Å². The van der Waals surface area contributed by atoms with Gasteiger partial charge in [0.2, 0.25) is 0 Å². The molecule has 0 atom stereocenters. The van der Waals surface area contributed by atoms with E-state index in [9.17, 15) is 4.79 Å². The van der Waals surface area contributed by atoms with Crippen LogP contribution in [0.15, 0.2) is 54.6 Å². The van der Waals surface area contributed by atoms with E-state index in [1.54, 1.807) is 0 Å². The highest BCUT2D eigenvalue weighted by molar-refractivity contribution is 5.94. The van der Waals surface area contributed by atoms with E-state index in [1.165, 1.54) is 0 Å². The molecule has 0 bridgehead atoms. The van der Waals surface area contributed by atoms with E-state index in [0.717, 1.165) is 17.5 Å². The largest absolute Gasteiger partial charge is 0.348 e. The molecule has 0 fully saturated rings. The normalized spacial score (nSPS) is 10.2. The minimum absolute atomic E-state index is 0.0530. The molecule has 2 rings (SSSR count). The molecule has 0 radical (unpaired) electrons. The Morgan fingerprint density at radius 3 is 2.47 bits per heavy atom. The van der Waals surface area contributed by atoms with E-state index in [-0.39, 0.29) is 5.91 Å². The Hall–Kier alpha value is -2.13. The monoisotopic (exact) mass is 254 g/mol. The van der Waals surface area contributed by atoms with Crippen molar-refractivity contribution in [1.29, 1.82) is 0 Å². The first kappa shape index (κ1) is 13.3. The number of nitrogens with two attached hydrogens (primary N) is 1. The first-order valence-corrected chi connectivity index (χ1v) is 6.41. The number of benzene rings is 2. The second kappa shape index (κ2) is 6.71. The van der Waals surface area contributed by atoms with Crippen LogP contribution in [0.3, 0.4) is 0 Å². The molecule has 3 heteroatoms. The van der Waals surface area contributed by atoms with E-state index in [1.807, 2.05) is 54.6 Å². The first-order valence-electron chi connectivity index (χ1n) is 6.41. The summed E-state index contributed by atoms with van der Waals surface area (Å²) in [5.41, 5.74) is 8.39. The van der Waals surface area contributed by atoms with Gasteiger partial charge in [0.05, 0.1) is 0 Å².